The highest BCUT2D eigenvalue weighted by Crippen LogP contribution is 2.35. The molecule has 0 spiro atoms. The van der Waals surface area contributed by atoms with Crippen LogP contribution >= 0.6 is 11.3 Å². The van der Waals surface area contributed by atoms with Crippen LogP contribution in [0.4, 0.5) is 10.1 Å². The molecule has 1 aliphatic heterocycles. The van der Waals surface area contributed by atoms with E-state index in [1.807, 2.05) is 13.1 Å². The van der Waals surface area contributed by atoms with E-state index in [1.54, 1.807) is 49.4 Å². The molecule has 5 rings (SSSR count). The van der Waals surface area contributed by atoms with Crippen molar-refractivity contribution in [3.8, 4) is 0 Å². The van der Waals surface area contributed by atoms with Crippen molar-refractivity contribution in [2.75, 3.05) is 38.5 Å². The number of hydrogen-bond donors (Lipinski definition) is 3. The standard InChI is InChI=1S/C35H45FN6O4S/c1-5-29(43)39-30(33(45)42-18-16-41(4)17-19-42)22(2)23-13-14-28(27(36)20-23)38-34(46)35(3,24-10-7-6-8-11-24)40-31(44)26-21-47-32-25(26)12-9-15-37-32/h9,12-15,20-22,24,30H,5-8,10-11,16-19H2,1-4H3,(H,38,46)(H,39,43)(H,40,44)/t22-,30+,35+/m0/s1. The van der Waals surface area contributed by atoms with Gasteiger partial charge in [-0.15, -0.1) is 11.3 Å². The molecule has 0 bridgehead atoms. The number of amides is 4. The molecule has 2 fully saturated rings. The number of rotatable bonds is 10. The molecule has 0 unspecified atom stereocenters. The first-order valence-electron chi connectivity index (χ1n) is 16.5. The van der Waals surface area contributed by atoms with Gasteiger partial charge in [-0.1, -0.05) is 39.2 Å². The largest absolute Gasteiger partial charge is 0.344 e. The fourth-order valence-corrected chi connectivity index (χ4v) is 7.52. The third-order valence-electron chi connectivity index (χ3n) is 9.85. The number of nitrogens with zero attached hydrogens (tertiary/aromatic N) is 3. The molecule has 2 aliphatic rings. The Morgan fingerprint density at radius 2 is 1.81 bits per heavy atom. The topological polar surface area (TPSA) is 124 Å². The summed E-state index contributed by atoms with van der Waals surface area (Å²) in [6, 6.07) is 7.21. The number of nitrogens with one attached hydrogen (secondary N) is 3. The quantitative estimate of drug-likeness (QED) is 0.283. The van der Waals surface area contributed by atoms with Gasteiger partial charge in [0, 0.05) is 55.5 Å². The Labute approximate surface area is 279 Å². The van der Waals surface area contributed by atoms with Crippen LogP contribution in [0.15, 0.2) is 41.9 Å². The van der Waals surface area contributed by atoms with Gasteiger partial charge < -0.3 is 25.8 Å². The van der Waals surface area contributed by atoms with Crippen LogP contribution in [0.2, 0.25) is 0 Å². The van der Waals surface area contributed by atoms with E-state index in [2.05, 4.69) is 25.8 Å². The number of pyridine rings is 1. The minimum absolute atomic E-state index is 0.0213. The predicted molar refractivity (Wildman–Crippen MR) is 182 cm³/mol. The zero-order valence-corrected chi connectivity index (χ0v) is 28.4. The fraction of sp³-hybridized carbons (Fsp3) is 0.514. The molecule has 3 atom stereocenters. The Morgan fingerprint density at radius 1 is 1.09 bits per heavy atom. The predicted octanol–water partition coefficient (Wildman–Crippen LogP) is 4.92. The van der Waals surface area contributed by atoms with Crippen LogP contribution in [-0.4, -0.2) is 83.2 Å². The first kappa shape index (κ1) is 34.4. The monoisotopic (exact) mass is 664 g/mol. The third-order valence-corrected chi connectivity index (χ3v) is 10.7. The van der Waals surface area contributed by atoms with Gasteiger partial charge in [-0.05, 0) is 62.6 Å². The summed E-state index contributed by atoms with van der Waals surface area (Å²) in [6.45, 7) is 7.81. The van der Waals surface area contributed by atoms with E-state index in [9.17, 15) is 19.2 Å². The second kappa shape index (κ2) is 14.9. The van der Waals surface area contributed by atoms with Crippen LogP contribution in [0.3, 0.4) is 0 Å². The van der Waals surface area contributed by atoms with Gasteiger partial charge in [-0.2, -0.15) is 0 Å². The van der Waals surface area contributed by atoms with Crippen LogP contribution < -0.4 is 16.0 Å². The van der Waals surface area contributed by atoms with Crippen molar-refractivity contribution in [2.45, 2.75) is 76.8 Å². The first-order chi connectivity index (χ1) is 22.5. The lowest BCUT2D eigenvalue weighted by atomic mass is 9.74. The molecule has 1 aliphatic carbocycles. The number of hydrogen-bond acceptors (Lipinski definition) is 7. The van der Waals surface area contributed by atoms with Crippen LogP contribution in [0, 0.1) is 11.7 Å². The normalized spacial score (nSPS) is 18.6. The van der Waals surface area contributed by atoms with Crippen molar-refractivity contribution >= 4 is 50.9 Å². The Morgan fingerprint density at radius 3 is 2.49 bits per heavy atom. The van der Waals surface area contributed by atoms with Gasteiger partial charge in [0.2, 0.25) is 17.7 Å². The maximum Gasteiger partial charge on any atom is 0.253 e. The number of halogens is 1. The molecular formula is C35H45FN6O4S. The van der Waals surface area contributed by atoms with Gasteiger partial charge in [-0.25, -0.2) is 9.37 Å². The van der Waals surface area contributed by atoms with Crippen LogP contribution in [-0.2, 0) is 14.4 Å². The second-order valence-electron chi connectivity index (χ2n) is 13.0. The molecule has 10 nitrogen and oxygen atoms in total. The zero-order chi connectivity index (χ0) is 33.7. The van der Waals surface area contributed by atoms with E-state index < -0.39 is 29.2 Å². The maximum absolute atomic E-state index is 15.8. The molecule has 3 heterocycles. The first-order valence-corrected chi connectivity index (χ1v) is 17.4. The van der Waals surface area contributed by atoms with E-state index in [4.69, 9.17) is 0 Å². The molecule has 12 heteroatoms. The number of piperazine rings is 1. The number of thiophene rings is 1. The lowest BCUT2D eigenvalue weighted by Crippen LogP contribution is -2.59. The Balaban J connectivity index is 1.36. The number of fused-ring (bicyclic) bond motifs is 1. The average molecular weight is 665 g/mol. The molecule has 2 aromatic heterocycles. The molecule has 4 amide bonds. The lowest BCUT2D eigenvalue weighted by molar-refractivity contribution is -0.138. The lowest BCUT2D eigenvalue weighted by Gasteiger charge is -2.39. The number of likely N-dealkylation sites (N-methyl/N-ethyl adjacent to an activating group) is 1. The number of benzene rings is 1. The molecule has 3 N–H and O–H groups in total. The highest BCUT2D eigenvalue weighted by Gasteiger charge is 2.44. The van der Waals surface area contributed by atoms with Gasteiger partial charge in [0.1, 0.15) is 22.2 Å². The Bertz CT molecular complexity index is 1620. The Hall–Kier alpha value is -3.90. The highest BCUT2D eigenvalue weighted by atomic mass is 32.1. The van der Waals surface area contributed by atoms with Crippen molar-refractivity contribution in [2.24, 2.45) is 5.92 Å². The van der Waals surface area contributed by atoms with Gasteiger partial charge in [-0.3, -0.25) is 19.2 Å². The van der Waals surface area contributed by atoms with E-state index in [0.717, 1.165) is 55.4 Å². The van der Waals surface area contributed by atoms with Crippen molar-refractivity contribution in [1.29, 1.82) is 0 Å². The summed E-state index contributed by atoms with van der Waals surface area (Å²) in [4.78, 5) is 62.6. The summed E-state index contributed by atoms with van der Waals surface area (Å²) in [5, 5.41) is 11.1. The van der Waals surface area contributed by atoms with Crippen LogP contribution in [0.25, 0.3) is 10.2 Å². The van der Waals surface area contributed by atoms with E-state index in [0.29, 0.717) is 24.2 Å². The molecular weight excluding hydrogens is 619 g/mol. The van der Waals surface area contributed by atoms with E-state index in [-0.39, 0.29) is 35.7 Å². The SMILES string of the molecule is CCC(=O)N[C@@H](C(=O)N1CCN(C)CC1)[C@@H](C)c1ccc(NC(=O)[C@](C)(NC(=O)c2csc3ncccc23)C2CCCCC2)c(F)c1. The number of carbonyl (C=O) groups is 4. The van der Waals surface area contributed by atoms with E-state index in [1.165, 1.54) is 23.5 Å². The Kier molecular flexibility index (Phi) is 10.9. The summed E-state index contributed by atoms with van der Waals surface area (Å²) in [6.07, 6.45) is 6.37. The minimum atomic E-state index is -1.29. The van der Waals surface area contributed by atoms with Gasteiger partial charge in [0.25, 0.3) is 5.91 Å². The summed E-state index contributed by atoms with van der Waals surface area (Å²) < 4.78 is 15.8. The molecule has 1 saturated carbocycles. The molecule has 252 valence electrons. The van der Waals surface area contributed by atoms with Crippen LogP contribution in [0.5, 0.6) is 0 Å². The summed E-state index contributed by atoms with van der Waals surface area (Å²) in [5.41, 5.74) is -0.345. The third kappa shape index (κ3) is 7.65. The molecule has 1 aromatic carbocycles. The summed E-state index contributed by atoms with van der Waals surface area (Å²) >= 11 is 1.37. The smallest absolute Gasteiger partial charge is 0.253 e. The van der Waals surface area contributed by atoms with Gasteiger partial charge in [0.05, 0.1) is 11.3 Å². The molecule has 1 saturated heterocycles. The van der Waals surface area contributed by atoms with E-state index >= 15 is 4.39 Å². The maximum atomic E-state index is 15.8. The number of anilines is 1. The fourth-order valence-electron chi connectivity index (χ4n) is 6.63. The van der Waals surface area contributed by atoms with Gasteiger partial charge >= 0.3 is 0 Å². The summed E-state index contributed by atoms with van der Waals surface area (Å²) in [7, 11) is 2.00. The molecule has 0 radical (unpaired) electrons. The van der Waals surface area contributed by atoms with Crippen LogP contribution in [0.1, 0.15) is 81.1 Å². The highest BCUT2D eigenvalue weighted by molar-refractivity contribution is 7.17. The summed E-state index contributed by atoms with van der Waals surface area (Å²) in [5.74, 6) is -2.64. The second-order valence-corrected chi connectivity index (χ2v) is 13.9. The van der Waals surface area contributed by atoms with Crippen molar-refractivity contribution in [1.82, 2.24) is 25.4 Å². The molecule has 47 heavy (non-hydrogen) atoms. The number of carbonyl (C=O) groups excluding carboxylic acids is 4. The molecule has 3 aromatic rings. The van der Waals surface area contributed by atoms with Crippen molar-refractivity contribution in [3.63, 3.8) is 0 Å². The van der Waals surface area contributed by atoms with Crippen molar-refractivity contribution < 1.29 is 23.6 Å². The van der Waals surface area contributed by atoms with Crippen molar-refractivity contribution in [3.05, 3.63) is 58.9 Å². The zero-order valence-electron chi connectivity index (χ0n) is 27.6. The number of aromatic nitrogens is 1. The average Bonchev–Trinajstić information content (AvgIpc) is 3.52. The minimum Gasteiger partial charge on any atom is -0.344 e. The van der Waals surface area contributed by atoms with Gasteiger partial charge in [0.15, 0.2) is 0 Å².